The van der Waals surface area contributed by atoms with Crippen LogP contribution in [0.4, 0.5) is 0 Å². The van der Waals surface area contributed by atoms with Gasteiger partial charge in [-0.1, -0.05) is 57.2 Å². The van der Waals surface area contributed by atoms with Crippen LogP contribution in [0.15, 0.2) is 42.5 Å². The van der Waals surface area contributed by atoms with Gasteiger partial charge in [-0.3, -0.25) is 4.79 Å². The first-order valence-electron chi connectivity index (χ1n) is 9.98. The van der Waals surface area contributed by atoms with E-state index in [9.17, 15) is 4.79 Å². The van der Waals surface area contributed by atoms with Crippen molar-refractivity contribution in [1.82, 2.24) is 5.32 Å². The second-order valence-corrected chi connectivity index (χ2v) is 8.56. The molecule has 1 amide bonds. The Bertz CT molecular complexity index is 804. The fourth-order valence-corrected chi connectivity index (χ4v) is 3.74. The van der Waals surface area contributed by atoms with Gasteiger partial charge in [0, 0.05) is 0 Å². The number of carbonyl (C=O) groups excluding carboxylic acids is 1. The summed E-state index contributed by atoms with van der Waals surface area (Å²) in [6.07, 6.45) is 4.87. The number of carbonyl (C=O) groups is 1. The van der Waals surface area contributed by atoms with Crippen LogP contribution in [0.1, 0.15) is 68.8 Å². The first-order chi connectivity index (χ1) is 12.8. The van der Waals surface area contributed by atoms with Crippen molar-refractivity contribution in [2.75, 3.05) is 6.61 Å². The molecule has 0 heterocycles. The van der Waals surface area contributed by atoms with E-state index >= 15 is 0 Å². The molecule has 0 unspecified atom stereocenters. The van der Waals surface area contributed by atoms with E-state index in [0.29, 0.717) is 0 Å². The fourth-order valence-electron chi connectivity index (χ4n) is 3.74. The van der Waals surface area contributed by atoms with Gasteiger partial charge in [0.25, 0.3) is 5.91 Å². The first-order valence-corrected chi connectivity index (χ1v) is 9.98. The Labute approximate surface area is 163 Å². The predicted octanol–water partition coefficient (Wildman–Crippen LogP) is 5.12. The molecule has 3 nitrogen and oxygen atoms in total. The number of aryl methyl sites for hydroxylation is 2. The maximum Gasteiger partial charge on any atom is 0.258 e. The molecule has 0 saturated heterocycles. The van der Waals surface area contributed by atoms with E-state index in [1.807, 2.05) is 25.1 Å². The van der Waals surface area contributed by atoms with Gasteiger partial charge >= 0.3 is 0 Å². The summed E-state index contributed by atoms with van der Waals surface area (Å²) in [6.45, 7) is 8.50. The number of rotatable bonds is 5. The third-order valence-corrected chi connectivity index (χ3v) is 5.30. The Balaban J connectivity index is 1.60. The molecule has 0 saturated carbocycles. The molecule has 0 radical (unpaired) electrons. The van der Waals surface area contributed by atoms with Crippen molar-refractivity contribution >= 4 is 5.91 Å². The first kappa shape index (κ1) is 19.5. The van der Waals surface area contributed by atoms with Crippen LogP contribution in [0.25, 0.3) is 0 Å². The van der Waals surface area contributed by atoms with Crippen molar-refractivity contribution in [3.63, 3.8) is 0 Å². The highest BCUT2D eigenvalue weighted by molar-refractivity contribution is 5.78. The fraction of sp³-hybridized carbons (Fsp3) is 0.458. The summed E-state index contributed by atoms with van der Waals surface area (Å²) in [4.78, 5) is 12.4. The van der Waals surface area contributed by atoms with Crippen molar-refractivity contribution in [2.24, 2.45) is 0 Å². The molecular formula is C24H31NO2. The standard InChI is InChI=1S/C24H31NO2/c1-17(19-14-13-18-9-5-6-10-20(18)15-19)25-23(26)16-27-22-12-8-7-11-21(22)24(2,3)4/h7-8,11-15,17H,5-6,9-10,16H2,1-4H3,(H,25,26)/t17-/m0/s1. The average molecular weight is 366 g/mol. The van der Waals surface area contributed by atoms with Crippen molar-refractivity contribution in [2.45, 2.75) is 64.8 Å². The number of para-hydroxylation sites is 1. The topological polar surface area (TPSA) is 38.3 Å². The van der Waals surface area contributed by atoms with Gasteiger partial charge in [-0.2, -0.15) is 0 Å². The Morgan fingerprint density at radius 3 is 2.52 bits per heavy atom. The lowest BCUT2D eigenvalue weighted by atomic mass is 9.86. The maximum atomic E-state index is 12.4. The van der Waals surface area contributed by atoms with E-state index in [1.54, 1.807) is 0 Å². The molecule has 1 atom stereocenters. The van der Waals surface area contributed by atoms with Gasteiger partial charge in [-0.15, -0.1) is 0 Å². The largest absolute Gasteiger partial charge is 0.483 e. The number of hydrogen-bond donors (Lipinski definition) is 1. The smallest absolute Gasteiger partial charge is 0.258 e. The average Bonchev–Trinajstić information content (AvgIpc) is 2.65. The molecule has 3 rings (SSSR count). The molecule has 0 bridgehead atoms. The molecule has 1 aliphatic rings. The van der Waals surface area contributed by atoms with Gasteiger partial charge in [0.15, 0.2) is 6.61 Å². The van der Waals surface area contributed by atoms with Gasteiger partial charge in [0.1, 0.15) is 5.75 Å². The summed E-state index contributed by atoms with van der Waals surface area (Å²) in [6, 6.07) is 14.5. The van der Waals surface area contributed by atoms with E-state index in [-0.39, 0.29) is 24.0 Å². The summed E-state index contributed by atoms with van der Waals surface area (Å²) in [5, 5.41) is 3.07. The normalized spacial score (nSPS) is 15.0. The Hall–Kier alpha value is -2.29. The number of ether oxygens (including phenoxy) is 1. The zero-order chi connectivity index (χ0) is 19.4. The zero-order valence-electron chi connectivity index (χ0n) is 17.0. The van der Waals surface area contributed by atoms with Gasteiger partial charge in [0.05, 0.1) is 6.04 Å². The predicted molar refractivity (Wildman–Crippen MR) is 110 cm³/mol. The highest BCUT2D eigenvalue weighted by Crippen LogP contribution is 2.31. The number of nitrogens with one attached hydrogen (secondary N) is 1. The Morgan fingerprint density at radius 1 is 1.07 bits per heavy atom. The van der Waals surface area contributed by atoms with Crippen LogP contribution in [-0.4, -0.2) is 12.5 Å². The molecule has 2 aromatic carbocycles. The summed E-state index contributed by atoms with van der Waals surface area (Å²) >= 11 is 0. The molecule has 0 spiro atoms. The Morgan fingerprint density at radius 2 is 1.78 bits per heavy atom. The van der Waals surface area contributed by atoms with Crippen LogP contribution in [0.5, 0.6) is 5.75 Å². The zero-order valence-corrected chi connectivity index (χ0v) is 17.0. The van der Waals surface area contributed by atoms with Crippen molar-refractivity contribution in [3.8, 4) is 5.75 Å². The van der Waals surface area contributed by atoms with E-state index < -0.39 is 0 Å². The molecule has 3 heteroatoms. The minimum atomic E-state index is -0.0936. The molecule has 1 N–H and O–H groups in total. The number of fused-ring (bicyclic) bond motifs is 1. The maximum absolute atomic E-state index is 12.4. The van der Waals surface area contributed by atoms with Crippen LogP contribution in [0.3, 0.4) is 0 Å². The van der Waals surface area contributed by atoms with E-state index in [4.69, 9.17) is 4.74 Å². The monoisotopic (exact) mass is 365 g/mol. The van der Waals surface area contributed by atoms with Crippen molar-refractivity contribution < 1.29 is 9.53 Å². The molecule has 2 aromatic rings. The summed E-state index contributed by atoms with van der Waals surface area (Å²) < 4.78 is 5.84. The van der Waals surface area contributed by atoms with Crippen LogP contribution >= 0.6 is 0 Å². The molecule has 144 valence electrons. The third kappa shape index (κ3) is 4.91. The minimum absolute atomic E-state index is 0.0220. The van der Waals surface area contributed by atoms with Gasteiger partial charge in [-0.25, -0.2) is 0 Å². The summed E-state index contributed by atoms with van der Waals surface area (Å²) in [5.74, 6) is 0.686. The number of benzene rings is 2. The molecule has 27 heavy (non-hydrogen) atoms. The van der Waals surface area contributed by atoms with Crippen molar-refractivity contribution in [3.05, 3.63) is 64.7 Å². The lowest BCUT2D eigenvalue weighted by Gasteiger charge is -2.23. The summed E-state index contributed by atoms with van der Waals surface area (Å²) in [5.41, 5.74) is 5.16. The highest BCUT2D eigenvalue weighted by atomic mass is 16.5. The molecule has 0 aliphatic heterocycles. The third-order valence-electron chi connectivity index (χ3n) is 5.30. The second-order valence-electron chi connectivity index (χ2n) is 8.56. The quantitative estimate of drug-likeness (QED) is 0.799. The lowest BCUT2D eigenvalue weighted by Crippen LogP contribution is -2.31. The van der Waals surface area contributed by atoms with E-state index in [2.05, 4.69) is 50.4 Å². The van der Waals surface area contributed by atoms with Crippen LogP contribution in [0, 0.1) is 0 Å². The highest BCUT2D eigenvalue weighted by Gasteiger charge is 2.19. The van der Waals surface area contributed by atoms with E-state index in [1.165, 1.54) is 36.0 Å². The Kier molecular flexibility index (Phi) is 5.88. The van der Waals surface area contributed by atoms with Crippen LogP contribution in [-0.2, 0) is 23.1 Å². The minimum Gasteiger partial charge on any atom is -0.483 e. The van der Waals surface area contributed by atoms with Gasteiger partial charge in [0.2, 0.25) is 0 Å². The van der Waals surface area contributed by atoms with Crippen molar-refractivity contribution in [1.29, 1.82) is 0 Å². The molecule has 0 aromatic heterocycles. The number of hydrogen-bond acceptors (Lipinski definition) is 2. The molecule has 0 fully saturated rings. The lowest BCUT2D eigenvalue weighted by molar-refractivity contribution is -0.123. The van der Waals surface area contributed by atoms with Crippen LogP contribution < -0.4 is 10.1 Å². The van der Waals surface area contributed by atoms with Gasteiger partial charge in [-0.05, 0) is 66.3 Å². The van der Waals surface area contributed by atoms with Crippen LogP contribution in [0.2, 0.25) is 0 Å². The number of amides is 1. The molecular weight excluding hydrogens is 334 g/mol. The second kappa shape index (κ2) is 8.16. The van der Waals surface area contributed by atoms with Gasteiger partial charge < -0.3 is 10.1 Å². The molecule has 1 aliphatic carbocycles. The van der Waals surface area contributed by atoms with E-state index in [0.717, 1.165) is 17.7 Å². The SMILES string of the molecule is C[C@H](NC(=O)COc1ccccc1C(C)(C)C)c1ccc2c(c1)CCCC2. The summed E-state index contributed by atoms with van der Waals surface area (Å²) in [7, 11) is 0.